The van der Waals surface area contributed by atoms with Crippen LogP contribution in [0.25, 0.3) is 0 Å². The van der Waals surface area contributed by atoms with Crippen LogP contribution < -0.4 is 15.4 Å². The van der Waals surface area contributed by atoms with Crippen LogP contribution in [0, 0.1) is 5.92 Å². The van der Waals surface area contributed by atoms with Crippen LogP contribution in [-0.2, 0) is 11.3 Å². The summed E-state index contributed by atoms with van der Waals surface area (Å²) in [5, 5.41) is 6.13. The van der Waals surface area contributed by atoms with E-state index in [1.807, 2.05) is 32.7 Å². The number of rotatable bonds is 7. The molecule has 0 aliphatic carbocycles. The van der Waals surface area contributed by atoms with Crippen molar-refractivity contribution in [1.29, 1.82) is 0 Å². The third-order valence-electron chi connectivity index (χ3n) is 3.77. The van der Waals surface area contributed by atoms with Gasteiger partial charge in [0.15, 0.2) is 0 Å². The first-order chi connectivity index (χ1) is 9.83. The molecule has 1 heterocycles. The van der Waals surface area contributed by atoms with Crippen LogP contribution >= 0.6 is 0 Å². The zero-order valence-corrected chi connectivity index (χ0v) is 14.0. The molecule has 1 rings (SSSR count). The largest absolute Gasteiger partial charge is 0.760 e. The summed E-state index contributed by atoms with van der Waals surface area (Å²) in [6.45, 7) is 7.02. The molecule has 1 fully saturated rings. The zero-order valence-electron chi connectivity index (χ0n) is 13.2. The Morgan fingerprint density at radius 1 is 1.48 bits per heavy atom. The van der Waals surface area contributed by atoms with E-state index in [1.165, 1.54) is 0 Å². The molecule has 4 atom stereocenters. The zero-order chi connectivity index (χ0) is 16.0. The molecule has 0 aromatic rings. The average molecular weight is 319 g/mol. The van der Waals surface area contributed by atoms with Gasteiger partial charge in [0, 0.05) is 42.5 Å². The number of likely N-dealkylation sites (N-methyl/N-ethyl adjacent to an activating group) is 1. The van der Waals surface area contributed by atoms with Crippen molar-refractivity contribution in [3.05, 3.63) is 0 Å². The van der Waals surface area contributed by atoms with Crippen molar-refractivity contribution in [2.75, 3.05) is 20.1 Å². The van der Waals surface area contributed by atoms with Gasteiger partial charge in [-0.05, 0) is 32.7 Å². The van der Waals surface area contributed by atoms with Crippen LogP contribution in [0.1, 0.15) is 33.6 Å². The minimum atomic E-state index is -2.31. The standard InChI is InChI=1S/C13H28N4O3S/c1-9(2)5-11(7-15-21(19)20)16-13(18)17-8-12(14-4)6-10(17)3/h9-12,14-15H,5-8H2,1-4H3,(H,16,18)(H,19,20)/p-1/t10-,11+,12?/m1/s1. The molecule has 8 heteroatoms. The number of hydrogen-bond donors (Lipinski definition) is 3. The lowest BCUT2D eigenvalue weighted by atomic mass is 10.0. The second-order valence-electron chi connectivity index (χ2n) is 6.08. The maximum atomic E-state index is 12.4. The van der Waals surface area contributed by atoms with Crippen LogP contribution in [0.4, 0.5) is 4.79 Å². The number of nitrogens with one attached hydrogen (secondary N) is 3. The Labute approximate surface area is 129 Å². The fourth-order valence-electron chi connectivity index (χ4n) is 2.71. The molecule has 2 unspecified atom stereocenters. The van der Waals surface area contributed by atoms with Gasteiger partial charge in [0.05, 0.1) is 0 Å². The van der Waals surface area contributed by atoms with Crippen molar-refractivity contribution in [1.82, 2.24) is 20.3 Å². The molecule has 0 bridgehead atoms. The highest BCUT2D eigenvalue weighted by Gasteiger charge is 2.32. The summed E-state index contributed by atoms with van der Waals surface area (Å²) in [6.07, 6.45) is 1.66. The number of amides is 2. The summed E-state index contributed by atoms with van der Waals surface area (Å²) in [7, 11) is 1.90. The predicted molar refractivity (Wildman–Crippen MR) is 82.3 cm³/mol. The summed E-state index contributed by atoms with van der Waals surface area (Å²) in [4.78, 5) is 14.2. The molecule has 0 radical (unpaired) electrons. The Morgan fingerprint density at radius 3 is 2.62 bits per heavy atom. The quantitative estimate of drug-likeness (QED) is 0.583. The molecular formula is C13H27N4O3S-. The molecule has 21 heavy (non-hydrogen) atoms. The van der Waals surface area contributed by atoms with Crippen molar-refractivity contribution in [3.8, 4) is 0 Å². The van der Waals surface area contributed by atoms with Crippen molar-refractivity contribution >= 4 is 17.3 Å². The van der Waals surface area contributed by atoms with Crippen LogP contribution in [0.5, 0.6) is 0 Å². The van der Waals surface area contributed by atoms with Crippen molar-refractivity contribution in [2.24, 2.45) is 5.92 Å². The summed E-state index contributed by atoms with van der Waals surface area (Å²) in [5.41, 5.74) is 0. The van der Waals surface area contributed by atoms with Crippen molar-refractivity contribution in [2.45, 2.75) is 51.7 Å². The van der Waals surface area contributed by atoms with E-state index >= 15 is 0 Å². The van der Waals surface area contributed by atoms with E-state index in [-0.39, 0.29) is 24.7 Å². The fourth-order valence-corrected chi connectivity index (χ4v) is 3.05. The molecule has 3 N–H and O–H groups in total. The minimum absolute atomic E-state index is 0.121. The molecule has 1 saturated heterocycles. The Kier molecular flexibility index (Phi) is 7.58. The third kappa shape index (κ3) is 6.29. The first kappa shape index (κ1) is 18.3. The smallest absolute Gasteiger partial charge is 0.317 e. The fraction of sp³-hybridized carbons (Fsp3) is 0.923. The van der Waals surface area contributed by atoms with Gasteiger partial charge in [-0.25, -0.2) is 9.52 Å². The molecule has 1 aliphatic rings. The lowest BCUT2D eigenvalue weighted by Gasteiger charge is -2.27. The first-order valence-corrected chi connectivity index (χ1v) is 8.48. The van der Waals surface area contributed by atoms with E-state index in [2.05, 4.69) is 15.4 Å². The van der Waals surface area contributed by atoms with E-state index in [9.17, 15) is 13.6 Å². The van der Waals surface area contributed by atoms with Crippen LogP contribution in [0.15, 0.2) is 0 Å². The van der Waals surface area contributed by atoms with E-state index in [0.29, 0.717) is 18.5 Å². The Balaban J connectivity index is 2.56. The van der Waals surface area contributed by atoms with E-state index < -0.39 is 11.3 Å². The Hall–Kier alpha value is -0.700. The van der Waals surface area contributed by atoms with Crippen LogP contribution in [-0.4, -0.2) is 58.0 Å². The van der Waals surface area contributed by atoms with Gasteiger partial charge in [0.2, 0.25) is 0 Å². The van der Waals surface area contributed by atoms with E-state index in [4.69, 9.17) is 0 Å². The lowest BCUT2D eigenvalue weighted by Crippen LogP contribution is -2.50. The molecular weight excluding hydrogens is 292 g/mol. The SMILES string of the molecule is CNC1C[C@@H](C)N(C(=O)N[C@H](CNS(=O)[O-])CC(C)C)C1. The number of carbonyl (C=O) groups is 1. The molecule has 2 amide bonds. The number of urea groups is 1. The highest BCUT2D eigenvalue weighted by atomic mass is 32.2. The maximum Gasteiger partial charge on any atom is 0.317 e. The topological polar surface area (TPSA) is 96.5 Å². The molecule has 0 aromatic carbocycles. The predicted octanol–water partition coefficient (Wildman–Crippen LogP) is 0.177. The van der Waals surface area contributed by atoms with E-state index in [0.717, 1.165) is 12.8 Å². The molecule has 1 aliphatic heterocycles. The number of carbonyl (C=O) groups excluding carboxylic acids is 1. The van der Waals surface area contributed by atoms with Gasteiger partial charge in [-0.2, -0.15) is 0 Å². The molecule has 0 aromatic heterocycles. The van der Waals surface area contributed by atoms with Gasteiger partial charge in [0.1, 0.15) is 0 Å². The van der Waals surface area contributed by atoms with Gasteiger partial charge in [0.25, 0.3) is 0 Å². The van der Waals surface area contributed by atoms with Crippen molar-refractivity contribution in [3.63, 3.8) is 0 Å². The second-order valence-corrected chi connectivity index (χ2v) is 6.84. The first-order valence-electron chi connectivity index (χ1n) is 7.40. The minimum Gasteiger partial charge on any atom is -0.760 e. The van der Waals surface area contributed by atoms with E-state index in [1.54, 1.807) is 0 Å². The summed E-state index contributed by atoms with van der Waals surface area (Å²) >= 11 is -2.31. The van der Waals surface area contributed by atoms with Gasteiger partial charge in [-0.3, -0.25) is 4.21 Å². The Morgan fingerprint density at radius 2 is 2.14 bits per heavy atom. The number of nitrogens with zero attached hydrogens (tertiary/aromatic N) is 1. The van der Waals surface area contributed by atoms with Gasteiger partial charge >= 0.3 is 6.03 Å². The van der Waals surface area contributed by atoms with Gasteiger partial charge in [-0.15, -0.1) is 0 Å². The number of hydrogen-bond acceptors (Lipinski definition) is 4. The number of likely N-dealkylation sites (tertiary alicyclic amines) is 1. The van der Waals surface area contributed by atoms with Gasteiger partial charge in [-0.1, -0.05) is 13.8 Å². The second kappa shape index (κ2) is 8.67. The maximum absolute atomic E-state index is 12.4. The molecule has 7 nitrogen and oxygen atoms in total. The average Bonchev–Trinajstić information content (AvgIpc) is 2.76. The molecule has 0 saturated carbocycles. The van der Waals surface area contributed by atoms with Crippen LogP contribution in [0.3, 0.4) is 0 Å². The lowest BCUT2D eigenvalue weighted by molar-refractivity contribution is 0.189. The van der Waals surface area contributed by atoms with Crippen LogP contribution in [0.2, 0.25) is 0 Å². The van der Waals surface area contributed by atoms with Crippen molar-refractivity contribution < 1.29 is 13.6 Å². The summed E-state index contributed by atoms with van der Waals surface area (Å²) in [6, 6.07) is 0.186. The Bertz CT molecular complexity index is 367. The highest BCUT2D eigenvalue weighted by Crippen LogP contribution is 2.17. The summed E-state index contributed by atoms with van der Waals surface area (Å²) in [5.74, 6) is 0.373. The third-order valence-corrected chi connectivity index (χ3v) is 4.18. The molecule has 124 valence electrons. The monoisotopic (exact) mass is 319 g/mol. The highest BCUT2D eigenvalue weighted by molar-refractivity contribution is 7.77. The van der Waals surface area contributed by atoms with Gasteiger partial charge < -0.3 is 20.1 Å². The normalized spacial score (nSPS) is 25.1. The summed E-state index contributed by atoms with van der Waals surface area (Å²) < 4.78 is 23.6. The molecule has 0 spiro atoms.